The van der Waals surface area contributed by atoms with Gasteiger partial charge in [-0.1, -0.05) is 98.6 Å². The molecule has 8 heteroatoms. The molecule has 2 atom stereocenters. The second kappa shape index (κ2) is 9.77. The first-order chi connectivity index (χ1) is 14.4. The first-order valence-corrected chi connectivity index (χ1v) is 10.7. The van der Waals surface area contributed by atoms with Gasteiger partial charge >= 0.3 is 0 Å². The fraction of sp³-hybridized carbons (Fsp3) is 0.0909. The van der Waals surface area contributed by atoms with Gasteiger partial charge in [0.1, 0.15) is 0 Å². The average molecular weight is 532 g/mol. The van der Waals surface area contributed by atoms with Gasteiger partial charge in [-0.2, -0.15) is 0 Å². The van der Waals surface area contributed by atoms with Crippen molar-refractivity contribution in [1.82, 2.24) is 0 Å². The Kier molecular flexibility index (Phi) is 7.12. The summed E-state index contributed by atoms with van der Waals surface area (Å²) in [5.41, 5.74) is 1.81. The van der Waals surface area contributed by atoms with Crippen LogP contribution in [0.5, 0.6) is 0 Å². The maximum Gasteiger partial charge on any atom is 0.283 e. The van der Waals surface area contributed by atoms with Crippen LogP contribution in [0.15, 0.2) is 72.8 Å². The summed E-state index contributed by atoms with van der Waals surface area (Å²) in [6.45, 7) is 0. The molecule has 3 aromatic rings. The highest BCUT2D eigenvalue weighted by atomic mass is 79.9. The summed E-state index contributed by atoms with van der Waals surface area (Å²) in [5.74, 6) is 0. The number of hydrogen-bond donors (Lipinski definition) is 0. The topological polar surface area (TPSA) is 86.3 Å². The van der Waals surface area contributed by atoms with E-state index in [1.165, 1.54) is 6.07 Å². The van der Waals surface area contributed by atoms with Crippen molar-refractivity contribution in [2.24, 2.45) is 0 Å². The molecule has 0 aromatic heterocycles. The molecule has 0 aliphatic carbocycles. The van der Waals surface area contributed by atoms with Crippen molar-refractivity contribution in [3.05, 3.63) is 115 Å². The van der Waals surface area contributed by atoms with Crippen molar-refractivity contribution < 1.29 is 9.85 Å². The highest BCUT2D eigenvalue weighted by Crippen LogP contribution is 2.46. The summed E-state index contributed by atoms with van der Waals surface area (Å²) in [5, 5.41) is 23.3. The molecule has 0 amide bonds. The van der Waals surface area contributed by atoms with Crippen LogP contribution in [0.1, 0.15) is 31.9 Å². The van der Waals surface area contributed by atoms with Gasteiger partial charge in [-0.05, 0) is 23.3 Å². The van der Waals surface area contributed by atoms with Crippen LogP contribution in [0.3, 0.4) is 0 Å². The molecule has 3 rings (SSSR count). The molecule has 0 spiro atoms. The van der Waals surface area contributed by atoms with E-state index in [2.05, 4.69) is 31.9 Å². The SMILES string of the molecule is O=[N+]([O-])c1cc([N+](=O)[O-])c([C@@H](Br)[C@H](Br)c2ccccc2)cc1/C=C\c1ccccc1. The Morgan fingerprint density at radius 3 is 1.87 bits per heavy atom. The summed E-state index contributed by atoms with van der Waals surface area (Å²) in [6.07, 6.45) is 3.34. The molecule has 152 valence electrons. The normalized spacial score (nSPS) is 13.1. The van der Waals surface area contributed by atoms with E-state index in [0.29, 0.717) is 11.1 Å². The summed E-state index contributed by atoms with van der Waals surface area (Å²) in [6, 6.07) is 21.3. The van der Waals surface area contributed by atoms with Crippen LogP contribution >= 0.6 is 31.9 Å². The van der Waals surface area contributed by atoms with E-state index >= 15 is 0 Å². The number of nitrogens with zero attached hydrogens (tertiary/aromatic N) is 2. The third-order valence-electron chi connectivity index (χ3n) is 4.50. The Hall–Kier alpha value is -2.84. The lowest BCUT2D eigenvalue weighted by Crippen LogP contribution is -2.05. The molecule has 30 heavy (non-hydrogen) atoms. The van der Waals surface area contributed by atoms with Gasteiger partial charge in [0.15, 0.2) is 0 Å². The highest BCUT2D eigenvalue weighted by Gasteiger charge is 2.30. The molecule has 0 saturated heterocycles. The molecule has 0 saturated carbocycles. The van der Waals surface area contributed by atoms with Crippen molar-refractivity contribution in [1.29, 1.82) is 0 Å². The molecule has 3 aromatic carbocycles. The number of benzene rings is 3. The first kappa shape index (κ1) is 21.9. The molecule has 0 fully saturated rings. The average Bonchev–Trinajstić information content (AvgIpc) is 2.77. The molecule has 0 bridgehead atoms. The van der Waals surface area contributed by atoms with Gasteiger partial charge in [0.05, 0.1) is 31.1 Å². The molecule has 6 nitrogen and oxygen atoms in total. The highest BCUT2D eigenvalue weighted by molar-refractivity contribution is 9.12. The largest absolute Gasteiger partial charge is 0.283 e. The number of rotatable bonds is 7. The van der Waals surface area contributed by atoms with Gasteiger partial charge in [-0.15, -0.1) is 0 Å². The standard InChI is InChI=1S/C22H16Br2N2O4/c23-21(16-9-5-2-6-10-16)22(24)18-13-17(12-11-15-7-3-1-4-8-15)19(25(27)28)14-20(18)26(29)30/h1-14,21-22H/b12-11-/t21-,22-/m1/s1. The fourth-order valence-corrected chi connectivity index (χ4v) is 4.26. The van der Waals surface area contributed by atoms with Gasteiger partial charge < -0.3 is 0 Å². The molecular formula is C22H16Br2N2O4. The third-order valence-corrected chi connectivity index (χ3v) is 7.29. The van der Waals surface area contributed by atoms with Crippen LogP contribution in [0.25, 0.3) is 12.2 Å². The Bertz CT molecular complexity index is 1090. The van der Waals surface area contributed by atoms with E-state index in [-0.39, 0.29) is 16.2 Å². The van der Waals surface area contributed by atoms with Crippen molar-refractivity contribution in [3.8, 4) is 0 Å². The fourth-order valence-electron chi connectivity index (χ4n) is 3.00. The quantitative estimate of drug-likeness (QED) is 0.139. The van der Waals surface area contributed by atoms with Crippen LogP contribution in [0.2, 0.25) is 0 Å². The Balaban J connectivity index is 2.10. The first-order valence-electron chi connectivity index (χ1n) is 8.91. The molecule has 0 radical (unpaired) electrons. The number of hydrogen-bond acceptors (Lipinski definition) is 4. The van der Waals surface area contributed by atoms with E-state index < -0.39 is 14.7 Å². The Morgan fingerprint density at radius 1 is 0.733 bits per heavy atom. The second-order valence-corrected chi connectivity index (χ2v) is 8.42. The summed E-state index contributed by atoms with van der Waals surface area (Å²) in [4.78, 5) is 21.3. The van der Waals surface area contributed by atoms with Crippen molar-refractivity contribution >= 4 is 55.4 Å². The van der Waals surface area contributed by atoms with Crippen LogP contribution in [0.4, 0.5) is 11.4 Å². The minimum absolute atomic E-state index is 0.273. The zero-order valence-electron chi connectivity index (χ0n) is 15.5. The minimum Gasteiger partial charge on any atom is -0.258 e. The number of nitro groups is 2. The van der Waals surface area contributed by atoms with Crippen LogP contribution in [-0.4, -0.2) is 9.85 Å². The monoisotopic (exact) mass is 530 g/mol. The zero-order chi connectivity index (χ0) is 21.7. The summed E-state index contributed by atoms with van der Waals surface area (Å²) in [7, 11) is 0. The number of alkyl halides is 2. The van der Waals surface area contributed by atoms with E-state index in [9.17, 15) is 20.2 Å². The maximum absolute atomic E-state index is 11.7. The Morgan fingerprint density at radius 2 is 1.30 bits per heavy atom. The predicted octanol–water partition coefficient (Wildman–Crippen LogP) is 7.25. The number of nitro benzene ring substituents is 2. The van der Waals surface area contributed by atoms with E-state index in [1.54, 1.807) is 12.2 Å². The molecule has 0 unspecified atom stereocenters. The summed E-state index contributed by atoms with van der Waals surface area (Å²) < 4.78 is 0. The zero-order valence-corrected chi connectivity index (χ0v) is 18.7. The molecule has 0 N–H and O–H groups in total. The van der Waals surface area contributed by atoms with Crippen molar-refractivity contribution in [3.63, 3.8) is 0 Å². The van der Waals surface area contributed by atoms with Gasteiger partial charge in [-0.25, -0.2) is 0 Å². The third kappa shape index (κ3) is 5.01. The lowest BCUT2D eigenvalue weighted by molar-refractivity contribution is -0.394. The number of halogens is 2. The van der Waals surface area contributed by atoms with Crippen molar-refractivity contribution in [2.75, 3.05) is 0 Å². The molecule has 0 aliphatic heterocycles. The van der Waals surface area contributed by atoms with E-state index in [1.807, 2.05) is 60.7 Å². The van der Waals surface area contributed by atoms with Crippen LogP contribution in [-0.2, 0) is 0 Å². The predicted molar refractivity (Wildman–Crippen MR) is 125 cm³/mol. The van der Waals surface area contributed by atoms with Gasteiger partial charge in [0.25, 0.3) is 11.4 Å². The van der Waals surface area contributed by atoms with Gasteiger partial charge in [0.2, 0.25) is 0 Å². The molecular weight excluding hydrogens is 516 g/mol. The lowest BCUT2D eigenvalue weighted by Gasteiger charge is -2.18. The van der Waals surface area contributed by atoms with Gasteiger partial charge in [-0.3, -0.25) is 20.2 Å². The maximum atomic E-state index is 11.7. The smallest absolute Gasteiger partial charge is 0.258 e. The lowest BCUT2D eigenvalue weighted by atomic mass is 9.98. The Labute approximate surface area is 189 Å². The molecule has 0 aliphatic rings. The van der Waals surface area contributed by atoms with Crippen LogP contribution < -0.4 is 0 Å². The van der Waals surface area contributed by atoms with E-state index in [0.717, 1.165) is 17.2 Å². The van der Waals surface area contributed by atoms with Gasteiger partial charge in [0, 0.05) is 5.56 Å². The van der Waals surface area contributed by atoms with Crippen molar-refractivity contribution in [2.45, 2.75) is 9.65 Å². The molecule has 0 heterocycles. The summed E-state index contributed by atoms with van der Waals surface area (Å²) >= 11 is 7.15. The second-order valence-electron chi connectivity index (χ2n) is 6.44. The van der Waals surface area contributed by atoms with Crippen LogP contribution in [0, 0.1) is 20.2 Å². The van der Waals surface area contributed by atoms with E-state index in [4.69, 9.17) is 0 Å². The minimum atomic E-state index is -0.604.